The van der Waals surface area contributed by atoms with Crippen molar-refractivity contribution < 1.29 is 17.9 Å². The molecule has 0 fully saturated rings. The molecular formula is C18H26N2O4S. The van der Waals surface area contributed by atoms with Crippen molar-refractivity contribution in [1.29, 1.82) is 0 Å². The first-order valence-electron chi connectivity index (χ1n) is 8.37. The van der Waals surface area contributed by atoms with Crippen LogP contribution in [0.2, 0.25) is 0 Å². The molecule has 1 aromatic rings. The molecule has 0 spiro atoms. The molecule has 1 aromatic carbocycles. The smallest absolute Gasteiger partial charge is 0.410 e. The molecule has 0 unspecified atom stereocenters. The summed E-state index contributed by atoms with van der Waals surface area (Å²) in [5.74, 6) is 0.0325. The SMILES string of the molecule is CCS(=O)(=O)Nc1cccc(C2=CCN(C(=O)OC(C)(C)C)CC2)c1. The largest absolute Gasteiger partial charge is 0.444 e. The first-order chi connectivity index (χ1) is 11.6. The number of nitrogens with zero attached hydrogens (tertiary/aromatic N) is 1. The van der Waals surface area contributed by atoms with Crippen LogP contribution in [-0.4, -0.2) is 43.9 Å². The number of benzene rings is 1. The van der Waals surface area contributed by atoms with E-state index in [9.17, 15) is 13.2 Å². The number of nitrogens with one attached hydrogen (secondary N) is 1. The average Bonchev–Trinajstić information content (AvgIpc) is 2.53. The Morgan fingerprint density at radius 3 is 2.60 bits per heavy atom. The molecule has 1 amide bonds. The van der Waals surface area contributed by atoms with E-state index in [1.54, 1.807) is 17.9 Å². The molecule has 1 heterocycles. The Hall–Kier alpha value is -2.02. The molecule has 1 N–H and O–H groups in total. The third-order valence-corrected chi connectivity index (χ3v) is 5.05. The highest BCUT2D eigenvalue weighted by molar-refractivity contribution is 7.92. The first kappa shape index (κ1) is 19.3. The van der Waals surface area contributed by atoms with Crippen LogP contribution < -0.4 is 4.72 Å². The lowest BCUT2D eigenvalue weighted by atomic mass is 9.99. The standard InChI is InChI=1S/C18H26N2O4S/c1-5-25(22,23)19-16-8-6-7-15(13-16)14-9-11-20(12-10-14)17(21)24-18(2,3)4/h6-9,13,19H,5,10-12H2,1-4H3. The fourth-order valence-corrected chi connectivity index (χ4v) is 3.09. The molecule has 1 aliphatic rings. The fourth-order valence-electron chi connectivity index (χ4n) is 2.46. The third kappa shape index (κ3) is 5.77. The van der Waals surface area contributed by atoms with E-state index >= 15 is 0 Å². The molecule has 0 saturated heterocycles. The number of anilines is 1. The quantitative estimate of drug-likeness (QED) is 0.885. The number of hydrogen-bond donors (Lipinski definition) is 1. The van der Waals surface area contributed by atoms with Crippen LogP contribution in [0.25, 0.3) is 5.57 Å². The second-order valence-corrected chi connectivity index (χ2v) is 9.00. The van der Waals surface area contributed by atoms with E-state index in [-0.39, 0.29) is 11.8 Å². The van der Waals surface area contributed by atoms with Gasteiger partial charge in [0.25, 0.3) is 0 Å². The molecule has 0 radical (unpaired) electrons. The van der Waals surface area contributed by atoms with Crippen LogP contribution >= 0.6 is 0 Å². The minimum Gasteiger partial charge on any atom is -0.444 e. The van der Waals surface area contributed by atoms with Gasteiger partial charge < -0.3 is 9.64 Å². The number of rotatable bonds is 4. The molecule has 2 rings (SSSR count). The van der Waals surface area contributed by atoms with Crippen molar-refractivity contribution in [2.45, 2.75) is 39.7 Å². The van der Waals surface area contributed by atoms with E-state index in [4.69, 9.17) is 4.74 Å². The van der Waals surface area contributed by atoms with Gasteiger partial charge in [-0.15, -0.1) is 0 Å². The van der Waals surface area contributed by atoms with Crippen molar-refractivity contribution in [3.05, 3.63) is 35.9 Å². The maximum atomic E-state index is 12.1. The average molecular weight is 366 g/mol. The molecule has 138 valence electrons. The number of amides is 1. The summed E-state index contributed by atoms with van der Waals surface area (Å²) in [4.78, 5) is 13.8. The van der Waals surface area contributed by atoms with E-state index in [0.717, 1.165) is 11.1 Å². The van der Waals surface area contributed by atoms with Gasteiger partial charge in [-0.3, -0.25) is 4.72 Å². The third-order valence-electron chi connectivity index (χ3n) is 3.75. The van der Waals surface area contributed by atoms with Gasteiger partial charge in [0.05, 0.1) is 5.75 Å². The van der Waals surface area contributed by atoms with Gasteiger partial charge in [0.2, 0.25) is 10.0 Å². The van der Waals surface area contributed by atoms with Crippen LogP contribution in [0.3, 0.4) is 0 Å². The summed E-state index contributed by atoms with van der Waals surface area (Å²) >= 11 is 0. The molecule has 0 aromatic heterocycles. The Morgan fingerprint density at radius 1 is 1.32 bits per heavy atom. The van der Waals surface area contributed by atoms with Crippen molar-refractivity contribution >= 4 is 27.4 Å². The highest BCUT2D eigenvalue weighted by Crippen LogP contribution is 2.25. The van der Waals surface area contributed by atoms with E-state index in [2.05, 4.69) is 4.72 Å². The number of carbonyl (C=O) groups excluding carboxylic acids is 1. The van der Waals surface area contributed by atoms with E-state index < -0.39 is 15.6 Å². The van der Waals surface area contributed by atoms with Crippen LogP contribution in [0.4, 0.5) is 10.5 Å². The van der Waals surface area contributed by atoms with Gasteiger partial charge in [-0.2, -0.15) is 0 Å². The Labute approximate surface area is 149 Å². The number of carbonyl (C=O) groups is 1. The first-order valence-corrected chi connectivity index (χ1v) is 10.0. The minimum absolute atomic E-state index is 0.0325. The summed E-state index contributed by atoms with van der Waals surface area (Å²) in [5, 5.41) is 0. The summed E-state index contributed by atoms with van der Waals surface area (Å²) in [6.07, 6.45) is 2.37. The Morgan fingerprint density at radius 2 is 2.04 bits per heavy atom. The second-order valence-electron chi connectivity index (χ2n) is 6.99. The second kappa shape index (κ2) is 7.47. The number of hydrogen-bond acceptors (Lipinski definition) is 4. The molecule has 25 heavy (non-hydrogen) atoms. The number of sulfonamides is 1. The fraction of sp³-hybridized carbons (Fsp3) is 0.500. The maximum absolute atomic E-state index is 12.1. The van der Waals surface area contributed by atoms with Crippen molar-refractivity contribution in [2.75, 3.05) is 23.6 Å². The van der Waals surface area contributed by atoms with Gasteiger partial charge in [0.15, 0.2) is 0 Å². The van der Waals surface area contributed by atoms with Gasteiger partial charge >= 0.3 is 6.09 Å². The normalized spacial score (nSPS) is 15.5. The molecule has 0 saturated carbocycles. The van der Waals surface area contributed by atoms with Crippen molar-refractivity contribution in [1.82, 2.24) is 4.90 Å². The summed E-state index contributed by atoms with van der Waals surface area (Å²) in [6, 6.07) is 7.32. The summed E-state index contributed by atoms with van der Waals surface area (Å²) < 4.78 is 31.4. The van der Waals surface area contributed by atoms with Gasteiger partial charge in [-0.05, 0) is 57.4 Å². The maximum Gasteiger partial charge on any atom is 0.410 e. The zero-order valence-electron chi connectivity index (χ0n) is 15.2. The summed E-state index contributed by atoms with van der Waals surface area (Å²) in [5.41, 5.74) is 2.10. The molecule has 1 aliphatic heterocycles. The van der Waals surface area contributed by atoms with E-state index in [0.29, 0.717) is 25.2 Å². The molecule has 0 atom stereocenters. The zero-order chi connectivity index (χ0) is 18.7. The van der Waals surface area contributed by atoms with Crippen LogP contribution in [0, 0.1) is 0 Å². The highest BCUT2D eigenvalue weighted by Gasteiger charge is 2.23. The zero-order valence-corrected chi connectivity index (χ0v) is 16.0. The van der Waals surface area contributed by atoms with Crippen LogP contribution in [0.15, 0.2) is 30.3 Å². The van der Waals surface area contributed by atoms with E-state index in [1.807, 2.05) is 45.0 Å². The molecule has 0 aliphatic carbocycles. The van der Waals surface area contributed by atoms with E-state index in [1.165, 1.54) is 0 Å². The van der Waals surface area contributed by atoms with Gasteiger partial charge in [0.1, 0.15) is 5.60 Å². The van der Waals surface area contributed by atoms with Gasteiger partial charge in [-0.1, -0.05) is 18.2 Å². The van der Waals surface area contributed by atoms with Gasteiger partial charge in [-0.25, -0.2) is 13.2 Å². The lowest BCUT2D eigenvalue weighted by Gasteiger charge is -2.29. The van der Waals surface area contributed by atoms with Crippen molar-refractivity contribution in [3.8, 4) is 0 Å². The van der Waals surface area contributed by atoms with Crippen LogP contribution in [0.5, 0.6) is 0 Å². The predicted molar refractivity (Wildman–Crippen MR) is 99.9 cm³/mol. The summed E-state index contributed by atoms with van der Waals surface area (Å²) in [7, 11) is -3.30. The number of ether oxygens (including phenoxy) is 1. The van der Waals surface area contributed by atoms with Gasteiger partial charge in [0, 0.05) is 18.8 Å². The Kier molecular flexibility index (Phi) is 5.77. The molecule has 6 nitrogen and oxygen atoms in total. The highest BCUT2D eigenvalue weighted by atomic mass is 32.2. The Bertz CT molecular complexity index is 764. The van der Waals surface area contributed by atoms with Crippen molar-refractivity contribution in [2.24, 2.45) is 0 Å². The molecule has 0 bridgehead atoms. The minimum atomic E-state index is -3.30. The van der Waals surface area contributed by atoms with Crippen LogP contribution in [0.1, 0.15) is 39.7 Å². The Balaban J connectivity index is 2.08. The van der Waals surface area contributed by atoms with Crippen molar-refractivity contribution in [3.63, 3.8) is 0 Å². The van der Waals surface area contributed by atoms with Crippen LogP contribution in [-0.2, 0) is 14.8 Å². The molecular weight excluding hydrogens is 340 g/mol. The lowest BCUT2D eigenvalue weighted by molar-refractivity contribution is 0.0270. The topological polar surface area (TPSA) is 75.7 Å². The monoisotopic (exact) mass is 366 g/mol. The molecule has 7 heteroatoms. The lowest BCUT2D eigenvalue weighted by Crippen LogP contribution is -2.39. The predicted octanol–water partition coefficient (Wildman–Crippen LogP) is 3.47. The summed E-state index contributed by atoms with van der Waals surface area (Å²) in [6.45, 7) is 8.19.